The molecule has 0 aliphatic carbocycles. The highest BCUT2D eigenvalue weighted by Gasteiger charge is 2.32. The van der Waals surface area contributed by atoms with Crippen LogP contribution >= 0.6 is 23.4 Å². The number of alkyl halides is 3. The van der Waals surface area contributed by atoms with Gasteiger partial charge in [-0.15, -0.1) is 10.2 Å². The highest BCUT2D eigenvalue weighted by atomic mass is 35.5. The predicted octanol–water partition coefficient (Wildman–Crippen LogP) is 4.52. The number of benzene rings is 1. The first-order valence-corrected chi connectivity index (χ1v) is 10.3. The first-order valence-electron chi connectivity index (χ1n) is 8.98. The van der Waals surface area contributed by atoms with Crippen LogP contribution in [-0.2, 0) is 12.7 Å². The molecule has 6 nitrogen and oxygen atoms in total. The molecule has 0 saturated carbocycles. The predicted molar refractivity (Wildman–Crippen MR) is 109 cm³/mol. The number of imidazole rings is 1. The summed E-state index contributed by atoms with van der Waals surface area (Å²) in [6.07, 6.45) is -2.74. The van der Waals surface area contributed by atoms with Crippen molar-refractivity contribution in [3.63, 3.8) is 0 Å². The molecule has 30 heavy (non-hydrogen) atoms. The number of rotatable bonds is 5. The van der Waals surface area contributed by atoms with Gasteiger partial charge in [0.1, 0.15) is 0 Å². The third kappa shape index (κ3) is 3.99. The van der Waals surface area contributed by atoms with E-state index in [1.54, 1.807) is 6.33 Å². The van der Waals surface area contributed by atoms with Crippen LogP contribution in [0.5, 0.6) is 0 Å². The molecule has 1 atom stereocenters. The Hall–Kier alpha value is -2.30. The van der Waals surface area contributed by atoms with Crippen LogP contribution in [0.1, 0.15) is 16.7 Å². The maximum absolute atomic E-state index is 13.1. The summed E-state index contributed by atoms with van der Waals surface area (Å²) in [6, 6.07) is 4.83. The molecule has 1 aromatic carbocycles. The monoisotopic (exact) mass is 455 g/mol. The molecule has 4 aromatic rings. The molecule has 0 saturated heterocycles. The maximum Gasteiger partial charge on any atom is 0.417 e. The Balaban J connectivity index is 1.52. The lowest BCUT2D eigenvalue weighted by Crippen LogP contribution is -2.18. The largest absolute Gasteiger partial charge is 0.417 e. The molecule has 0 fully saturated rings. The second kappa shape index (κ2) is 7.75. The van der Waals surface area contributed by atoms with E-state index in [4.69, 9.17) is 11.6 Å². The fraction of sp³-hybridized carbons (Fsp3) is 0.316. The van der Waals surface area contributed by atoms with Gasteiger partial charge >= 0.3 is 6.18 Å². The van der Waals surface area contributed by atoms with Crippen molar-refractivity contribution in [2.75, 3.05) is 5.75 Å². The van der Waals surface area contributed by atoms with Gasteiger partial charge in [-0.25, -0.2) is 4.98 Å². The van der Waals surface area contributed by atoms with Crippen LogP contribution in [0.25, 0.3) is 16.7 Å². The number of pyridine rings is 1. The second-order valence-electron chi connectivity index (χ2n) is 7.04. The summed E-state index contributed by atoms with van der Waals surface area (Å²) in [6.45, 7) is 4.31. The molecule has 11 heteroatoms. The van der Waals surface area contributed by atoms with Crippen LogP contribution < -0.4 is 0 Å². The number of aryl methyl sites for hydroxylation is 2. The fourth-order valence-corrected chi connectivity index (χ4v) is 4.17. The molecule has 1 unspecified atom stereocenters. The fourth-order valence-electron chi connectivity index (χ4n) is 3.10. The molecule has 0 aliphatic rings. The highest BCUT2D eigenvalue weighted by molar-refractivity contribution is 7.99. The average Bonchev–Trinajstić information content (AvgIpc) is 3.24. The number of aliphatic hydroxyl groups excluding tert-OH is 1. The van der Waals surface area contributed by atoms with Crippen LogP contribution in [0.4, 0.5) is 13.2 Å². The standard InChI is InChI=1S/C19H17ClF3N5OS/c1-10-3-15-16(4-11(10)2)27(9-24-15)7-13(29)8-30-18-26-25-17-14(20)5-12(6-28(17)18)19(21,22)23/h3-6,9,13,29H,7-8H2,1-2H3. The zero-order valence-electron chi connectivity index (χ0n) is 16.0. The van der Waals surface area contributed by atoms with E-state index in [1.165, 1.54) is 4.40 Å². The van der Waals surface area contributed by atoms with Gasteiger partial charge in [-0.1, -0.05) is 23.4 Å². The van der Waals surface area contributed by atoms with Crippen LogP contribution in [-0.4, -0.2) is 41.1 Å². The number of hydrogen-bond donors (Lipinski definition) is 1. The van der Waals surface area contributed by atoms with Gasteiger partial charge in [0.2, 0.25) is 0 Å². The van der Waals surface area contributed by atoms with E-state index < -0.39 is 17.8 Å². The molecule has 1 N–H and O–H groups in total. The van der Waals surface area contributed by atoms with Gasteiger partial charge in [-0.2, -0.15) is 13.2 Å². The van der Waals surface area contributed by atoms with E-state index in [0.717, 1.165) is 46.2 Å². The van der Waals surface area contributed by atoms with Crippen LogP contribution in [0, 0.1) is 13.8 Å². The summed E-state index contributed by atoms with van der Waals surface area (Å²) in [5, 5.41) is 18.3. The molecular formula is C19H17ClF3N5OS. The molecule has 0 spiro atoms. The van der Waals surface area contributed by atoms with Crippen molar-refractivity contribution < 1.29 is 18.3 Å². The number of halogens is 4. The summed E-state index contributed by atoms with van der Waals surface area (Å²) in [5.74, 6) is 0.208. The molecule has 0 radical (unpaired) electrons. The van der Waals surface area contributed by atoms with Gasteiger partial charge in [0, 0.05) is 11.9 Å². The van der Waals surface area contributed by atoms with Crippen LogP contribution in [0.2, 0.25) is 5.02 Å². The van der Waals surface area contributed by atoms with Gasteiger partial charge in [0.25, 0.3) is 0 Å². The van der Waals surface area contributed by atoms with E-state index >= 15 is 0 Å². The third-order valence-corrected chi connectivity index (χ3v) is 6.17. The molecular weight excluding hydrogens is 439 g/mol. The zero-order chi connectivity index (χ0) is 21.6. The van der Waals surface area contributed by atoms with Crippen molar-refractivity contribution in [1.29, 1.82) is 0 Å². The first-order chi connectivity index (χ1) is 14.1. The molecule has 4 rings (SSSR count). The topological polar surface area (TPSA) is 68.2 Å². The Kier molecular flexibility index (Phi) is 5.41. The first kappa shape index (κ1) is 21.0. The van der Waals surface area contributed by atoms with Gasteiger partial charge in [-0.3, -0.25) is 4.40 Å². The maximum atomic E-state index is 13.1. The number of thioether (sulfide) groups is 1. The van der Waals surface area contributed by atoms with Crippen LogP contribution in [0.15, 0.2) is 35.9 Å². The van der Waals surface area contributed by atoms with Crippen molar-refractivity contribution in [1.82, 2.24) is 24.1 Å². The number of nitrogens with zero attached hydrogens (tertiary/aromatic N) is 5. The average molecular weight is 456 g/mol. The van der Waals surface area contributed by atoms with E-state index in [9.17, 15) is 18.3 Å². The normalized spacial score (nSPS) is 13.4. The Bertz CT molecular complexity index is 1240. The molecule has 3 aromatic heterocycles. The summed E-state index contributed by atoms with van der Waals surface area (Å²) >= 11 is 7.03. The van der Waals surface area contributed by atoms with Gasteiger partial charge < -0.3 is 9.67 Å². The lowest BCUT2D eigenvalue weighted by molar-refractivity contribution is -0.137. The number of fused-ring (bicyclic) bond motifs is 2. The summed E-state index contributed by atoms with van der Waals surface area (Å²) in [7, 11) is 0. The van der Waals surface area contributed by atoms with E-state index in [-0.39, 0.29) is 28.1 Å². The Morgan fingerprint density at radius 2 is 1.90 bits per heavy atom. The second-order valence-corrected chi connectivity index (χ2v) is 8.43. The molecule has 0 bridgehead atoms. The third-order valence-electron chi connectivity index (χ3n) is 4.80. The van der Waals surface area contributed by atoms with Gasteiger partial charge in [-0.05, 0) is 43.2 Å². The quantitative estimate of drug-likeness (QED) is 0.448. The number of hydrogen-bond acceptors (Lipinski definition) is 5. The lowest BCUT2D eigenvalue weighted by atomic mass is 10.1. The summed E-state index contributed by atoms with van der Waals surface area (Å²) < 4.78 is 42.3. The minimum atomic E-state index is -4.54. The minimum absolute atomic E-state index is 0.133. The van der Waals surface area contributed by atoms with Crippen molar-refractivity contribution in [2.24, 2.45) is 0 Å². The minimum Gasteiger partial charge on any atom is -0.390 e. The van der Waals surface area contributed by atoms with E-state index in [2.05, 4.69) is 15.2 Å². The molecule has 3 heterocycles. The smallest absolute Gasteiger partial charge is 0.390 e. The SMILES string of the molecule is Cc1cc2ncn(CC(O)CSc3nnc4c(Cl)cc(C(F)(F)F)cn34)c2cc1C. The highest BCUT2D eigenvalue weighted by Crippen LogP contribution is 2.33. The lowest BCUT2D eigenvalue weighted by Gasteiger charge is -2.12. The van der Waals surface area contributed by atoms with Crippen molar-refractivity contribution in [2.45, 2.75) is 37.8 Å². The van der Waals surface area contributed by atoms with Gasteiger partial charge in [0.15, 0.2) is 10.8 Å². The number of aromatic nitrogens is 5. The van der Waals surface area contributed by atoms with Crippen molar-refractivity contribution in [3.8, 4) is 0 Å². The van der Waals surface area contributed by atoms with Crippen LogP contribution in [0.3, 0.4) is 0 Å². The van der Waals surface area contributed by atoms with Crippen molar-refractivity contribution >= 4 is 40.0 Å². The van der Waals surface area contributed by atoms with Crippen molar-refractivity contribution in [3.05, 3.63) is 52.4 Å². The number of aliphatic hydroxyl groups is 1. The van der Waals surface area contributed by atoms with Gasteiger partial charge in [0.05, 0.1) is 40.6 Å². The van der Waals surface area contributed by atoms with E-state index in [0.29, 0.717) is 0 Å². The Labute approximate surface area is 178 Å². The summed E-state index contributed by atoms with van der Waals surface area (Å²) in [5.41, 5.74) is 3.26. The molecule has 158 valence electrons. The molecule has 0 amide bonds. The Morgan fingerprint density at radius 3 is 2.63 bits per heavy atom. The van der Waals surface area contributed by atoms with E-state index in [1.807, 2.05) is 30.5 Å². The zero-order valence-corrected chi connectivity index (χ0v) is 17.6. The summed E-state index contributed by atoms with van der Waals surface area (Å²) in [4.78, 5) is 4.36. The Morgan fingerprint density at radius 1 is 1.17 bits per heavy atom. The molecule has 0 aliphatic heterocycles.